The molecule has 2 unspecified atom stereocenters. The molecule has 1 aromatic carbocycles. The van der Waals surface area contributed by atoms with E-state index >= 15 is 0 Å². The summed E-state index contributed by atoms with van der Waals surface area (Å²) in [5.41, 5.74) is 1.48. The van der Waals surface area contributed by atoms with Gasteiger partial charge in [-0.1, -0.05) is 6.07 Å². The average Bonchev–Trinajstić information content (AvgIpc) is 3.31. The third-order valence-corrected chi connectivity index (χ3v) is 6.38. The highest BCUT2D eigenvalue weighted by Crippen LogP contribution is 2.41. The second-order valence-electron chi connectivity index (χ2n) is 7.07. The van der Waals surface area contributed by atoms with Gasteiger partial charge in [0.1, 0.15) is 5.82 Å². The van der Waals surface area contributed by atoms with E-state index in [9.17, 15) is 9.18 Å². The van der Waals surface area contributed by atoms with Crippen molar-refractivity contribution >= 4 is 40.3 Å². The number of aromatic nitrogens is 1. The van der Waals surface area contributed by atoms with Crippen molar-refractivity contribution in [3.63, 3.8) is 0 Å². The Kier molecular flexibility index (Phi) is 6.06. The summed E-state index contributed by atoms with van der Waals surface area (Å²) in [7, 11) is 0. The number of carbonyl (C=O) groups excluding carboxylic acids is 1. The van der Waals surface area contributed by atoms with Crippen molar-refractivity contribution < 1.29 is 9.18 Å². The van der Waals surface area contributed by atoms with Crippen LogP contribution in [-0.2, 0) is 4.79 Å². The Morgan fingerprint density at radius 2 is 2.03 bits per heavy atom. The van der Waals surface area contributed by atoms with Gasteiger partial charge in [0.15, 0.2) is 5.11 Å². The lowest BCUT2D eigenvalue weighted by Gasteiger charge is -2.26. The fourth-order valence-corrected chi connectivity index (χ4v) is 4.91. The highest BCUT2D eigenvalue weighted by atomic mass is 32.1. The first-order valence-corrected chi connectivity index (χ1v) is 10.8. The molecule has 2 N–H and O–H groups in total. The fourth-order valence-electron chi connectivity index (χ4n) is 3.55. The maximum absolute atomic E-state index is 13.1. The third-order valence-electron chi connectivity index (χ3n) is 4.96. The van der Waals surface area contributed by atoms with Gasteiger partial charge in [0.25, 0.3) is 0 Å². The van der Waals surface area contributed by atoms with Gasteiger partial charge < -0.3 is 15.5 Å². The van der Waals surface area contributed by atoms with Gasteiger partial charge in [0.2, 0.25) is 5.91 Å². The molecule has 1 aliphatic heterocycles. The lowest BCUT2D eigenvalue weighted by molar-refractivity contribution is -0.116. The molecule has 154 valence electrons. The first-order valence-electron chi connectivity index (χ1n) is 9.61. The number of carbonyl (C=O) groups is 1. The second kappa shape index (κ2) is 8.89. The number of nitrogens with one attached hydrogen (secondary N) is 2. The summed E-state index contributed by atoms with van der Waals surface area (Å²) in [5.74, 6) is -0.483. The Morgan fingerprint density at radius 1 is 1.23 bits per heavy atom. The number of hydrogen-bond donors (Lipinski definition) is 2. The van der Waals surface area contributed by atoms with Crippen LogP contribution in [0.1, 0.15) is 34.0 Å². The predicted molar refractivity (Wildman–Crippen MR) is 121 cm³/mol. The largest absolute Gasteiger partial charge is 0.352 e. The van der Waals surface area contributed by atoms with E-state index in [1.165, 1.54) is 21.9 Å². The van der Waals surface area contributed by atoms with Crippen molar-refractivity contribution in [2.75, 3.05) is 11.9 Å². The molecular formula is C22H21FN4OS2. The number of thiophene rings is 1. The van der Waals surface area contributed by atoms with E-state index in [4.69, 9.17) is 12.2 Å². The SMILES string of the molecule is Cc1ccc(C2C(c3ccccn3)NC(=S)N2CCC(=O)Nc2ccc(F)cc2)s1. The van der Waals surface area contributed by atoms with Crippen LogP contribution >= 0.6 is 23.6 Å². The number of amides is 1. The van der Waals surface area contributed by atoms with Crippen LogP contribution in [0.25, 0.3) is 0 Å². The molecule has 3 aromatic rings. The summed E-state index contributed by atoms with van der Waals surface area (Å²) in [6, 6.07) is 15.6. The number of thiocarbonyl (C=S) groups is 1. The van der Waals surface area contributed by atoms with Crippen molar-refractivity contribution in [1.82, 2.24) is 15.2 Å². The fraction of sp³-hybridized carbons (Fsp3) is 0.227. The Labute approximate surface area is 183 Å². The zero-order valence-corrected chi connectivity index (χ0v) is 18.0. The molecule has 2 atom stereocenters. The molecule has 3 heterocycles. The summed E-state index contributed by atoms with van der Waals surface area (Å²) < 4.78 is 13.1. The van der Waals surface area contributed by atoms with Crippen molar-refractivity contribution in [2.24, 2.45) is 0 Å². The molecule has 0 spiro atoms. The van der Waals surface area contributed by atoms with E-state index in [0.717, 1.165) is 5.69 Å². The lowest BCUT2D eigenvalue weighted by atomic mass is 10.0. The van der Waals surface area contributed by atoms with Gasteiger partial charge in [-0.15, -0.1) is 11.3 Å². The Morgan fingerprint density at radius 3 is 2.70 bits per heavy atom. The van der Waals surface area contributed by atoms with Crippen LogP contribution < -0.4 is 10.6 Å². The number of halogens is 1. The number of aryl methyl sites for hydroxylation is 1. The van der Waals surface area contributed by atoms with Crippen LogP contribution in [-0.4, -0.2) is 27.4 Å². The summed E-state index contributed by atoms with van der Waals surface area (Å²) in [6.45, 7) is 2.54. The normalized spacial score (nSPS) is 18.3. The smallest absolute Gasteiger partial charge is 0.226 e. The summed E-state index contributed by atoms with van der Waals surface area (Å²) in [4.78, 5) is 21.4. The zero-order valence-electron chi connectivity index (χ0n) is 16.3. The van der Waals surface area contributed by atoms with Crippen LogP contribution in [0, 0.1) is 12.7 Å². The van der Waals surface area contributed by atoms with Crippen LogP contribution in [0.2, 0.25) is 0 Å². The van der Waals surface area contributed by atoms with Gasteiger partial charge in [-0.3, -0.25) is 9.78 Å². The van der Waals surface area contributed by atoms with Crippen molar-refractivity contribution in [3.05, 3.63) is 82.1 Å². The van der Waals surface area contributed by atoms with Gasteiger partial charge in [0.05, 0.1) is 17.8 Å². The highest BCUT2D eigenvalue weighted by Gasteiger charge is 2.40. The zero-order chi connectivity index (χ0) is 21.1. The number of pyridine rings is 1. The van der Waals surface area contributed by atoms with Crippen molar-refractivity contribution in [2.45, 2.75) is 25.4 Å². The van der Waals surface area contributed by atoms with Crippen molar-refractivity contribution in [1.29, 1.82) is 0 Å². The molecule has 5 nitrogen and oxygen atoms in total. The third kappa shape index (κ3) is 4.49. The molecule has 4 rings (SSSR count). The molecule has 1 saturated heterocycles. The van der Waals surface area contributed by atoms with E-state index in [0.29, 0.717) is 17.3 Å². The average molecular weight is 441 g/mol. The highest BCUT2D eigenvalue weighted by molar-refractivity contribution is 7.80. The standard InChI is InChI=1S/C22H21FN4OS2/c1-14-5-10-18(30-14)21-20(17-4-2-3-12-24-17)26-22(29)27(21)13-11-19(28)25-16-8-6-15(23)7-9-16/h2-10,12,20-21H,11,13H2,1H3,(H,25,28)(H,26,29). The van der Waals surface area contributed by atoms with E-state index in [1.54, 1.807) is 29.7 Å². The van der Waals surface area contributed by atoms with Gasteiger partial charge in [-0.25, -0.2) is 4.39 Å². The first kappa shape index (κ1) is 20.4. The van der Waals surface area contributed by atoms with Crippen molar-refractivity contribution in [3.8, 4) is 0 Å². The predicted octanol–water partition coefficient (Wildman–Crippen LogP) is 4.59. The summed E-state index contributed by atoms with van der Waals surface area (Å²) >= 11 is 7.34. The molecule has 2 aromatic heterocycles. The first-order chi connectivity index (χ1) is 14.5. The lowest BCUT2D eigenvalue weighted by Crippen LogP contribution is -2.32. The van der Waals surface area contributed by atoms with Gasteiger partial charge in [-0.05, 0) is 67.7 Å². The summed E-state index contributed by atoms with van der Waals surface area (Å²) in [5, 5.41) is 6.80. The number of hydrogen-bond acceptors (Lipinski definition) is 4. The molecule has 0 bridgehead atoms. The molecular weight excluding hydrogens is 419 g/mol. The number of rotatable bonds is 6. The maximum atomic E-state index is 13.1. The molecule has 30 heavy (non-hydrogen) atoms. The van der Waals surface area contributed by atoms with E-state index < -0.39 is 0 Å². The number of benzene rings is 1. The molecule has 1 fully saturated rings. The maximum Gasteiger partial charge on any atom is 0.226 e. The topological polar surface area (TPSA) is 57.3 Å². The van der Waals surface area contributed by atoms with Crippen LogP contribution in [0.4, 0.5) is 10.1 Å². The molecule has 0 radical (unpaired) electrons. The Bertz CT molecular complexity index is 1040. The molecule has 8 heteroatoms. The van der Waals surface area contributed by atoms with Gasteiger partial charge in [0, 0.05) is 34.6 Å². The quantitative estimate of drug-likeness (QED) is 0.549. The van der Waals surface area contributed by atoms with E-state index in [1.807, 2.05) is 18.2 Å². The molecule has 0 saturated carbocycles. The minimum absolute atomic E-state index is 0.0373. The van der Waals surface area contributed by atoms with Crippen LogP contribution in [0.5, 0.6) is 0 Å². The van der Waals surface area contributed by atoms with E-state index in [2.05, 4.69) is 39.6 Å². The second-order valence-corrected chi connectivity index (χ2v) is 8.78. The Hall–Kier alpha value is -2.84. The van der Waals surface area contributed by atoms with Gasteiger partial charge in [-0.2, -0.15) is 0 Å². The van der Waals surface area contributed by atoms with Crippen LogP contribution in [0.3, 0.4) is 0 Å². The monoisotopic (exact) mass is 440 g/mol. The van der Waals surface area contributed by atoms with E-state index in [-0.39, 0.29) is 30.2 Å². The molecule has 0 aliphatic carbocycles. The number of nitrogens with zero attached hydrogens (tertiary/aromatic N) is 2. The van der Waals surface area contributed by atoms with Gasteiger partial charge >= 0.3 is 0 Å². The number of anilines is 1. The molecule has 1 aliphatic rings. The summed E-state index contributed by atoms with van der Waals surface area (Å²) in [6.07, 6.45) is 2.03. The minimum Gasteiger partial charge on any atom is -0.352 e. The van der Waals surface area contributed by atoms with Crippen LogP contribution in [0.15, 0.2) is 60.8 Å². The molecule has 1 amide bonds. The minimum atomic E-state index is -0.337. The Balaban J connectivity index is 1.51.